The lowest BCUT2D eigenvalue weighted by atomic mass is 10.1. The smallest absolute Gasteiger partial charge is 0.240 e. The summed E-state index contributed by atoms with van der Waals surface area (Å²) in [6, 6.07) is 11.1. The third-order valence-electron chi connectivity index (χ3n) is 3.75. The van der Waals surface area contributed by atoms with E-state index in [4.69, 9.17) is 0 Å². The van der Waals surface area contributed by atoms with Crippen molar-refractivity contribution in [1.82, 2.24) is 10.0 Å². The van der Waals surface area contributed by atoms with Crippen molar-refractivity contribution in [2.75, 3.05) is 13.1 Å². The first-order valence-electron chi connectivity index (χ1n) is 6.97. The Balaban J connectivity index is 1.89. The Morgan fingerprint density at radius 1 is 1.05 bits per heavy atom. The molecule has 0 atom stereocenters. The summed E-state index contributed by atoms with van der Waals surface area (Å²) in [5.74, 6) is 0. The Morgan fingerprint density at radius 3 is 2.48 bits per heavy atom. The molecule has 112 valence electrons. The monoisotopic (exact) mass is 368 g/mol. The third kappa shape index (κ3) is 3.45. The topological polar surface area (TPSA) is 58.2 Å². The van der Waals surface area contributed by atoms with Gasteiger partial charge in [0, 0.05) is 10.5 Å². The van der Waals surface area contributed by atoms with Crippen molar-refractivity contribution in [3.63, 3.8) is 0 Å². The number of halogens is 1. The van der Waals surface area contributed by atoms with Crippen LogP contribution in [0.25, 0.3) is 10.8 Å². The average Bonchev–Trinajstić information content (AvgIpc) is 2.47. The second-order valence-electron chi connectivity index (χ2n) is 5.30. The molecule has 6 heteroatoms. The summed E-state index contributed by atoms with van der Waals surface area (Å²) in [6.07, 6.45) is 1.67. The molecule has 0 unspecified atom stereocenters. The minimum Gasteiger partial charge on any atom is -0.317 e. The molecule has 2 aromatic carbocycles. The highest BCUT2D eigenvalue weighted by atomic mass is 79.9. The molecule has 3 rings (SSSR count). The van der Waals surface area contributed by atoms with E-state index < -0.39 is 10.0 Å². The fourth-order valence-electron chi connectivity index (χ4n) is 2.59. The van der Waals surface area contributed by atoms with Gasteiger partial charge < -0.3 is 5.32 Å². The predicted molar refractivity (Wildman–Crippen MR) is 87.9 cm³/mol. The first-order chi connectivity index (χ1) is 10.0. The van der Waals surface area contributed by atoms with E-state index in [1.165, 1.54) is 0 Å². The minimum absolute atomic E-state index is 0.0249. The fraction of sp³-hybridized carbons (Fsp3) is 0.333. The summed E-state index contributed by atoms with van der Waals surface area (Å²) in [4.78, 5) is 0.329. The molecule has 4 nitrogen and oxygen atoms in total. The summed E-state index contributed by atoms with van der Waals surface area (Å²) >= 11 is 3.42. The summed E-state index contributed by atoms with van der Waals surface area (Å²) < 4.78 is 28.7. The lowest BCUT2D eigenvalue weighted by Gasteiger charge is -2.23. The molecule has 1 heterocycles. The molecule has 0 bridgehead atoms. The lowest BCUT2D eigenvalue weighted by Crippen LogP contribution is -2.42. The van der Waals surface area contributed by atoms with Gasteiger partial charge in [0.05, 0.1) is 4.90 Å². The first kappa shape index (κ1) is 15.0. The zero-order valence-electron chi connectivity index (χ0n) is 11.5. The Kier molecular flexibility index (Phi) is 4.31. The quantitative estimate of drug-likeness (QED) is 0.875. The van der Waals surface area contributed by atoms with Crippen LogP contribution >= 0.6 is 15.9 Å². The van der Waals surface area contributed by atoms with E-state index in [1.807, 2.05) is 24.3 Å². The highest BCUT2D eigenvalue weighted by Gasteiger charge is 2.21. The maximum atomic E-state index is 12.5. The Morgan fingerprint density at radius 2 is 1.71 bits per heavy atom. The van der Waals surface area contributed by atoms with E-state index in [-0.39, 0.29) is 6.04 Å². The van der Waals surface area contributed by atoms with E-state index >= 15 is 0 Å². The molecule has 0 saturated carbocycles. The summed E-state index contributed by atoms with van der Waals surface area (Å²) in [5, 5.41) is 5.17. The van der Waals surface area contributed by atoms with E-state index in [1.54, 1.807) is 12.1 Å². The molecule has 1 saturated heterocycles. The van der Waals surface area contributed by atoms with Crippen LogP contribution in [0, 0.1) is 0 Å². The molecular weight excluding hydrogens is 352 g/mol. The number of hydrogen-bond donors (Lipinski definition) is 2. The Labute approximate surface area is 133 Å². The van der Waals surface area contributed by atoms with Crippen LogP contribution in [0.15, 0.2) is 45.8 Å². The van der Waals surface area contributed by atoms with Crippen molar-refractivity contribution in [3.05, 3.63) is 40.9 Å². The molecule has 21 heavy (non-hydrogen) atoms. The largest absolute Gasteiger partial charge is 0.317 e. The molecular formula is C15H17BrN2O2S. The van der Waals surface area contributed by atoms with E-state index in [0.717, 1.165) is 41.2 Å². The van der Waals surface area contributed by atoms with Crippen molar-refractivity contribution in [2.45, 2.75) is 23.8 Å². The summed E-state index contributed by atoms with van der Waals surface area (Å²) in [5.41, 5.74) is 0. The first-order valence-corrected chi connectivity index (χ1v) is 9.25. The van der Waals surface area contributed by atoms with Crippen LogP contribution in [-0.4, -0.2) is 27.5 Å². The third-order valence-corrected chi connectivity index (χ3v) is 5.76. The van der Waals surface area contributed by atoms with E-state index in [0.29, 0.717) is 4.90 Å². The van der Waals surface area contributed by atoms with Gasteiger partial charge in [-0.15, -0.1) is 0 Å². The zero-order chi connectivity index (χ0) is 14.9. The maximum absolute atomic E-state index is 12.5. The Hall–Kier alpha value is -0.950. The number of sulfonamides is 1. The highest BCUT2D eigenvalue weighted by Crippen LogP contribution is 2.23. The van der Waals surface area contributed by atoms with Crippen molar-refractivity contribution in [2.24, 2.45) is 0 Å². The van der Waals surface area contributed by atoms with Gasteiger partial charge in [0.15, 0.2) is 0 Å². The van der Waals surface area contributed by atoms with Crippen LogP contribution in [0.2, 0.25) is 0 Å². The second-order valence-corrected chi connectivity index (χ2v) is 7.93. The van der Waals surface area contributed by atoms with Gasteiger partial charge in [-0.1, -0.05) is 28.1 Å². The standard InChI is InChI=1S/C15H17BrN2O2S/c16-13-3-1-12-10-15(4-2-11(12)9-13)21(19,20)18-14-5-7-17-8-6-14/h1-4,9-10,14,17-18H,5-8H2. The van der Waals surface area contributed by atoms with Gasteiger partial charge in [-0.2, -0.15) is 0 Å². The molecule has 0 aliphatic carbocycles. The van der Waals surface area contributed by atoms with Gasteiger partial charge in [0.1, 0.15) is 0 Å². The van der Waals surface area contributed by atoms with E-state index in [2.05, 4.69) is 26.0 Å². The summed E-state index contributed by atoms with van der Waals surface area (Å²) in [6.45, 7) is 1.72. The Bertz CT molecular complexity index is 755. The van der Waals surface area contributed by atoms with Gasteiger partial charge in [0.25, 0.3) is 0 Å². The molecule has 1 aliphatic heterocycles. The van der Waals surface area contributed by atoms with Crippen LogP contribution < -0.4 is 10.0 Å². The molecule has 0 spiro atoms. The van der Waals surface area contributed by atoms with Gasteiger partial charge >= 0.3 is 0 Å². The average molecular weight is 369 g/mol. The van der Waals surface area contributed by atoms with Crippen molar-refractivity contribution in [3.8, 4) is 0 Å². The molecule has 0 amide bonds. The van der Waals surface area contributed by atoms with Crippen LogP contribution in [-0.2, 0) is 10.0 Å². The highest BCUT2D eigenvalue weighted by molar-refractivity contribution is 9.10. The SMILES string of the molecule is O=S(=O)(NC1CCNCC1)c1ccc2cc(Br)ccc2c1. The fourth-order valence-corrected chi connectivity index (χ4v) is 4.31. The number of rotatable bonds is 3. The number of nitrogens with one attached hydrogen (secondary N) is 2. The number of piperidine rings is 1. The number of benzene rings is 2. The number of fused-ring (bicyclic) bond motifs is 1. The molecule has 2 N–H and O–H groups in total. The van der Waals surface area contributed by atoms with E-state index in [9.17, 15) is 8.42 Å². The molecule has 1 fully saturated rings. The van der Waals surface area contributed by atoms with Crippen LogP contribution in [0.5, 0.6) is 0 Å². The van der Waals surface area contributed by atoms with Crippen molar-refractivity contribution in [1.29, 1.82) is 0 Å². The van der Waals surface area contributed by atoms with Gasteiger partial charge in [-0.05, 0) is 61.0 Å². The van der Waals surface area contributed by atoms with Gasteiger partial charge in [-0.3, -0.25) is 0 Å². The second kappa shape index (κ2) is 6.04. The molecule has 0 aromatic heterocycles. The van der Waals surface area contributed by atoms with Crippen LogP contribution in [0.4, 0.5) is 0 Å². The zero-order valence-corrected chi connectivity index (χ0v) is 13.9. The van der Waals surface area contributed by atoms with Gasteiger partial charge in [-0.25, -0.2) is 13.1 Å². The number of hydrogen-bond acceptors (Lipinski definition) is 3. The minimum atomic E-state index is -3.45. The molecule has 0 radical (unpaired) electrons. The van der Waals surface area contributed by atoms with Crippen LogP contribution in [0.3, 0.4) is 0 Å². The van der Waals surface area contributed by atoms with Crippen molar-refractivity contribution >= 4 is 36.7 Å². The maximum Gasteiger partial charge on any atom is 0.240 e. The lowest BCUT2D eigenvalue weighted by molar-refractivity contribution is 0.427. The van der Waals surface area contributed by atoms with Gasteiger partial charge in [0.2, 0.25) is 10.0 Å². The van der Waals surface area contributed by atoms with Crippen LogP contribution in [0.1, 0.15) is 12.8 Å². The molecule has 2 aromatic rings. The van der Waals surface area contributed by atoms with Crippen molar-refractivity contribution < 1.29 is 8.42 Å². The predicted octanol–water partition coefficient (Wildman–Crippen LogP) is 2.63. The normalized spacial score (nSPS) is 17.2. The molecule has 1 aliphatic rings. The summed E-state index contributed by atoms with van der Waals surface area (Å²) in [7, 11) is -3.45.